The number of fused-ring (bicyclic) bond motifs is 1. The average Bonchev–Trinajstić information content (AvgIpc) is 2.99. The molecule has 0 bridgehead atoms. The molecule has 0 saturated heterocycles. The molecule has 1 heterocycles. The predicted molar refractivity (Wildman–Crippen MR) is 103 cm³/mol. The van der Waals surface area contributed by atoms with Crippen molar-refractivity contribution in [1.29, 1.82) is 0 Å². The SMILES string of the molecule is Cc1cc2cc(NC(=O)[C@H](CCCCNC(=O)CN)NC(=O)O)ccc2[nH]1. The van der Waals surface area contributed by atoms with Gasteiger partial charge in [-0.15, -0.1) is 0 Å². The molecule has 2 rings (SSSR count). The molecular weight excluding hydrogens is 350 g/mol. The zero-order valence-electron chi connectivity index (χ0n) is 15.2. The minimum absolute atomic E-state index is 0.0728. The Morgan fingerprint density at radius 2 is 2.00 bits per heavy atom. The molecular formula is C18H25N5O4. The van der Waals surface area contributed by atoms with E-state index in [2.05, 4.69) is 20.9 Å². The van der Waals surface area contributed by atoms with Crippen molar-refractivity contribution in [3.63, 3.8) is 0 Å². The molecule has 1 aromatic carbocycles. The molecule has 0 radical (unpaired) electrons. The van der Waals surface area contributed by atoms with Crippen LogP contribution in [0.4, 0.5) is 10.5 Å². The molecule has 0 fully saturated rings. The van der Waals surface area contributed by atoms with E-state index in [-0.39, 0.29) is 12.5 Å². The summed E-state index contributed by atoms with van der Waals surface area (Å²) in [5, 5.41) is 17.6. The summed E-state index contributed by atoms with van der Waals surface area (Å²) in [7, 11) is 0. The molecule has 0 aliphatic carbocycles. The number of anilines is 1. The van der Waals surface area contributed by atoms with Crippen LogP contribution in [-0.2, 0) is 9.59 Å². The van der Waals surface area contributed by atoms with Crippen LogP contribution >= 0.6 is 0 Å². The van der Waals surface area contributed by atoms with Crippen LogP contribution in [0.15, 0.2) is 24.3 Å². The van der Waals surface area contributed by atoms with Gasteiger partial charge in [-0.2, -0.15) is 0 Å². The van der Waals surface area contributed by atoms with Gasteiger partial charge < -0.3 is 31.8 Å². The number of hydrogen-bond donors (Lipinski definition) is 6. The number of amides is 3. The lowest BCUT2D eigenvalue weighted by Gasteiger charge is -2.17. The van der Waals surface area contributed by atoms with E-state index < -0.39 is 18.0 Å². The van der Waals surface area contributed by atoms with Gasteiger partial charge >= 0.3 is 6.09 Å². The molecule has 2 aromatic rings. The summed E-state index contributed by atoms with van der Waals surface area (Å²) in [6.45, 7) is 2.30. The molecule has 3 amide bonds. The second kappa shape index (κ2) is 9.58. The van der Waals surface area contributed by atoms with Gasteiger partial charge in [-0.1, -0.05) is 0 Å². The van der Waals surface area contributed by atoms with Crippen molar-refractivity contribution in [3.8, 4) is 0 Å². The first-order valence-corrected chi connectivity index (χ1v) is 8.75. The maximum absolute atomic E-state index is 12.5. The summed E-state index contributed by atoms with van der Waals surface area (Å²) >= 11 is 0. The monoisotopic (exact) mass is 375 g/mol. The van der Waals surface area contributed by atoms with Crippen molar-refractivity contribution in [1.82, 2.24) is 15.6 Å². The number of unbranched alkanes of at least 4 members (excludes halogenated alkanes) is 1. The lowest BCUT2D eigenvalue weighted by molar-refractivity contribution is -0.120. The van der Waals surface area contributed by atoms with E-state index in [0.717, 1.165) is 16.6 Å². The zero-order chi connectivity index (χ0) is 19.8. The maximum Gasteiger partial charge on any atom is 0.405 e. The van der Waals surface area contributed by atoms with E-state index in [4.69, 9.17) is 10.8 Å². The summed E-state index contributed by atoms with van der Waals surface area (Å²) in [5.41, 5.74) is 7.77. The lowest BCUT2D eigenvalue weighted by Crippen LogP contribution is -2.43. The number of carbonyl (C=O) groups is 3. The molecule has 0 unspecified atom stereocenters. The van der Waals surface area contributed by atoms with Gasteiger partial charge in [-0.25, -0.2) is 4.79 Å². The first kappa shape index (κ1) is 20.2. The smallest absolute Gasteiger partial charge is 0.405 e. The Bertz CT molecular complexity index is 817. The van der Waals surface area contributed by atoms with E-state index in [1.165, 1.54) is 0 Å². The molecule has 0 aliphatic heterocycles. The number of H-pyrrole nitrogens is 1. The molecule has 9 nitrogen and oxygen atoms in total. The van der Waals surface area contributed by atoms with E-state index >= 15 is 0 Å². The standard InChI is InChI=1S/C18H25N5O4/c1-11-8-12-9-13(5-6-14(12)21-11)22-17(25)15(23-18(26)27)4-2-3-7-20-16(24)10-19/h5-6,8-9,15,21,23H,2-4,7,10,19H2,1H3,(H,20,24)(H,22,25)(H,26,27)/t15-/m0/s1. The quantitative estimate of drug-likeness (QED) is 0.365. The molecule has 0 aliphatic rings. The number of carboxylic acid groups (broad SMARTS) is 1. The minimum atomic E-state index is -1.26. The van der Waals surface area contributed by atoms with Gasteiger partial charge in [0.05, 0.1) is 6.54 Å². The van der Waals surface area contributed by atoms with Crippen molar-refractivity contribution < 1.29 is 19.5 Å². The highest BCUT2D eigenvalue weighted by Gasteiger charge is 2.20. The molecule has 27 heavy (non-hydrogen) atoms. The number of carbonyl (C=O) groups excluding carboxylic acids is 2. The summed E-state index contributed by atoms with van der Waals surface area (Å²) in [6.07, 6.45) is 0.246. The predicted octanol–water partition coefficient (Wildman–Crippen LogP) is 1.30. The molecule has 9 heteroatoms. The Morgan fingerprint density at radius 1 is 1.22 bits per heavy atom. The summed E-state index contributed by atoms with van der Waals surface area (Å²) in [4.78, 5) is 37.7. The van der Waals surface area contributed by atoms with Gasteiger partial charge in [-0.05, 0) is 50.5 Å². The van der Waals surface area contributed by atoms with Crippen LogP contribution in [0.5, 0.6) is 0 Å². The topological polar surface area (TPSA) is 149 Å². The van der Waals surface area contributed by atoms with Crippen molar-refractivity contribution >= 4 is 34.5 Å². The van der Waals surface area contributed by atoms with Crippen LogP contribution in [0.3, 0.4) is 0 Å². The van der Waals surface area contributed by atoms with E-state index in [9.17, 15) is 14.4 Å². The zero-order valence-corrected chi connectivity index (χ0v) is 15.2. The van der Waals surface area contributed by atoms with E-state index in [0.29, 0.717) is 31.5 Å². The Balaban J connectivity index is 1.92. The lowest BCUT2D eigenvalue weighted by atomic mass is 10.1. The highest BCUT2D eigenvalue weighted by molar-refractivity contribution is 5.98. The van der Waals surface area contributed by atoms with Gasteiger partial charge in [0, 0.05) is 28.8 Å². The number of aromatic nitrogens is 1. The van der Waals surface area contributed by atoms with Crippen LogP contribution < -0.4 is 21.7 Å². The number of hydrogen-bond acceptors (Lipinski definition) is 4. The molecule has 1 atom stereocenters. The number of nitrogens with two attached hydrogens (primary N) is 1. The molecule has 1 aromatic heterocycles. The van der Waals surface area contributed by atoms with Crippen molar-refractivity contribution in [2.75, 3.05) is 18.4 Å². The number of benzene rings is 1. The average molecular weight is 375 g/mol. The Labute approximate surface area is 156 Å². The van der Waals surface area contributed by atoms with E-state index in [1.807, 2.05) is 25.1 Å². The van der Waals surface area contributed by atoms with E-state index in [1.54, 1.807) is 6.07 Å². The molecule has 146 valence electrons. The minimum Gasteiger partial charge on any atom is -0.465 e. The van der Waals surface area contributed by atoms with Crippen molar-refractivity contribution in [2.45, 2.75) is 32.2 Å². The van der Waals surface area contributed by atoms with Gasteiger partial charge in [0.1, 0.15) is 6.04 Å². The number of nitrogens with one attached hydrogen (secondary N) is 4. The second-order valence-electron chi connectivity index (χ2n) is 6.30. The van der Waals surface area contributed by atoms with Crippen molar-refractivity contribution in [2.24, 2.45) is 5.73 Å². The van der Waals surface area contributed by atoms with Gasteiger partial charge in [0.15, 0.2) is 0 Å². The highest BCUT2D eigenvalue weighted by atomic mass is 16.4. The summed E-state index contributed by atoms with van der Waals surface area (Å²) in [5.74, 6) is -0.668. The third-order valence-electron chi connectivity index (χ3n) is 4.06. The molecule has 7 N–H and O–H groups in total. The van der Waals surface area contributed by atoms with Gasteiger partial charge in [0.25, 0.3) is 0 Å². The third-order valence-corrected chi connectivity index (χ3v) is 4.06. The molecule has 0 spiro atoms. The number of aryl methyl sites for hydroxylation is 1. The summed E-state index contributed by atoms with van der Waals surface area (Å²) in [6, 6.07) is 6.54. The first-order chi connectivity index (χ1) is 12.9. The Morgan fingerprint density at radius 3 is 2.70 bits per heavy atom. The fourth-order valence-electron chi connectivity index (χ4n) is 2.78. The van der Waals surface area contributed by atoms with Gasteiger partial charge in [0.2, 0.25) is 11.8 Å². The van der Waals surface area contributed by atoms with Crippen LogP contribution in [0.1, 0.15) is 25.0 Å². The number of aromatic amines is 1. The van der Waals surface area contributed by atoms with Crippen LogP contribution in [0, 0.1) is 6.92 Å². The Hall–Kier alpha value is -3.07. The first-order valence-electron chi connectivity index (χ1n) is 8.75. The fraction of sp³-hybridized carbons (Fsp3) is 0.389. The van der Waals surface area contributed by atoms with Crippen LogP contribution in [0.25, 0.3) is 10.9 Å². The number of rotatable bonds is 9. The largest absolute Gasteiger partial charge is 0.465 e. The summed E-state index contributed by atoms with van der Waals surface area (Å²) < 4.78 is 0. The van der Waals surface area contributed by atoms with Crippen molar-refractivity contribution in [3.05, 3.63) is 30.0 Å². The highest BCUT2D eigenvalue weighted by Crippen LogP contribution is 2.20. The van der Waals surface area contributed by atoms with Crippen LogP contribution in [-0.4, -0.2) is 47.1 Å². The third kappa shape index (κ3) is 6.30. The Kier molecular flexibility index (Phi) is 7.18. The second-order valence-corrected chi connectivity index (χ2v) is 6.30. The normalized spacial score (nSPS) is 11.8. The van der Waals surface area contributed by atoms with Crippen LogP contribution in [0.2, 0.25) is 0 Å². The fourth-order valence-corrected chi connectivity index (χ4v) is 2.78. The molecule has 0 saturated carbocycles. The van der Waals surface area contributed by atoms with Gasteiger partial charge in [-0.3, -0.25) is 9.59 Å². The maximum atomic E-state index is 12.5.